The van der Waals surface area contributed by atoms with Crippen molar-refractivity contribution in [2.45, 2.75) is 119 Å². The third-order valence-corrected chi connectivity index (χ3v) is 10.6. The Morgan fingerprint density at radius 1 is 0.736 bits per heavy atom. The number of nitrogens with one attached hydrogen (secondary N) is 1. The molecule has 23 nitrogen and oxygen atoms in total. The van der Waals surface area contributed by atoms with Crippen molar-refractivity contribution in [2.24, 2.45) is 0 Å². The van der Waals surface area contributed by atoms with Crippen molar-refractivity contribution in [3.63, 3.8) is 0 Å². The molecular weight excluding hydrogens is 1230 g/mol. The number of rotatable bonds is 25. The number of carboxylic acids is 8. The molecule has 1 heterocycles. The molecule has 0 aliphatic heterocycles. The van der Waals surface area contributed by atoms with E-state index in [2.05, 4.69) is 68.2 Å². The van der Waals surface area contributed by atoms with Crippen molar-refractivity contribution in [1.29, 1.82) is 0 Å². The highest BCUT2D eigenvalue weighted by Crippen LogP contribution is 2.49. The van der Waals surface area contributed by atoms with Crippen LogP contribution in [0.15, 0.2) is 27.7 Å². The van der Waals surface area contributed by atoms with Crippen LogP contribution in [0.5, 0.6) is 0 Å². The first-order chi connectivity index (χ1) is 33.0. The molecule has 9 N–H and O–H groups in total. The smallest absolute Gasteiger partial charge is 0.397 e. The molecular formula is C37H46Cl5F5IN5O18S. The van der Waals surface area contributed by atoms with Gasteiger partial charge in [-0.2, -0.15) is 22.8 Å². The van der Waals surface area contributed by atoms with Gasteiger partial charge in [0.2, 0.25) is 4.77 Å². The van der Waals surface area contributed by atoms with Crippen LogP contribution in [0.4, 0.5) is 22.0 Å². The Morgan fingerprint density at radius 3 is 1.46 bits per heavy atom. The highest BCUT2D eigenvalue weighted by atomic mass is 127. The summed E-state index contributed by atoms with van der Waals surface area (Å²) in [6.45, 7) is 2.51. The number of aromatic carboxylic acids is 3. The van der Waals surface area contributed by atoms with E-state index >= 15 is 0 Å². The summed E-state index contributed by atoms with van der Waals surface area (Å²) < 4.78 is 62.4. The number of aliphatic carboxylic acids is 5. The van der Waals surface area contributed by atoms with Crippen LogP contribution < -0.4 is 0 Å². The molecule has 35 heteroatoms. The van der Waals surface area contributed by atoms with Crippen molar-refractivity contribution in [3.05, 3.63) is 59.3 Å². The minimum atomic E-state index is -5.49. The van der Waals surface area contributed by atoms with Gasteiger partial charge in [0, 0.05) is 22.2 Å². The normalized spacial score (nSPS) is 11.6. The molecule has 0 radical (unpaired) electrons. The van der Waals surface area contributed by atoms with Gasteiger partial charge in [0.15, 0.2) is 0 Å². The molecule has 2 aromatic rings. The van der Waals surface area contributed by atoms with E-state index in [-0.39, 0.29) is 23.3 Å². The molecule has 0 bridgehead atoms. The van der Waals surface area contributed by atoms with E-state index in [1.165, 1.54) is 49.6 Å². The number of hydrogen-bond acceptors (Lipinski definition) is 13. The number of benzene rings is 1. The van der Waals surface area contributed by atoms with Gasteiger partial charge in [0.25, 0.3) is 0 Å². The van der Waals surface area contributed by atoms with Gasteiger partial charge in [-0.1, -0.05) is 138 Å². The first-order valence-corrected chi connectivity index (χ1v) is 23.5. The molecule has 0 saturated heterocycles. The topological polar surface area (TPSA) is 388 Å². The number of nitro groups is 1. The van der Waals surface area contributed by atoms with Crippen LogP contribution in [0, 0.1) is 14.9 Å². The second-order valence-corrected chi connectivity index (χ2v) is 17.1. The quantitative estimate of drug-likeness (QED) is 0.00848. The van der Waals surface area contributed by atoms with Crippen molar-refractivity contribution < 1.29 is 106 Å². The Bertz CT molecular complexity index is 2170. The minimum absolute atomic E-state index is 0.0121. The summed E-state index contributed by atoms with van der Waals surface area (Å²) in [6, 6.07) is 0.707. The second-order valence-electron chi connectivity index (χ2n) is 13.3. The predicted octanol–water partition coefficient (Wildman–Crippen LogP) is 9.91. The first kappa shape index (κ1) is 73.8. The zero-order valence-electron chi connectivity index (χ0n) is 36.9. The molecule has 1 aromatic carbocycles. The monoisotopic (exact) mass is 1280 g/mol. The Morgan fingerprint density at radius 2 is 1.18 bits per heavy atom. The number of aryl methyl sites for hydroxylation is 1. The third-order valence-electron chi connectivity index (χ3n) is 7.71. The summed E-state index contributed by atoms with van der Waals surface area (Å²) in [6.07, 6.45) is 12.6. The van der Waals surface area contributed by atoms with Crippen molar-refractivity contribution in [1.82, 2.24) is 20.2 Å². The number of halogens is 11. The fourth-order valence-corrected chi connectivity index (χ4v) is 5.25. The number of carbonyl (C=O) groups is 8. The van der Waals surface area contributed by atoms with Gasteiger partial charge in [-0.15, -0.1) is 0 Å². The van der Waals surface area contributed by atoms with Crippen LogP contribution in [0.3, 0.4) is 0 Å². The lowest BCUT2D eigenvalue weighted by atomic mass is 10.0. The second kappa shape index (κ2) is 38.8. The molecule has 0 fully saturated rings. The van der Waals surface area contributed by atoms with Gasteiger partial charge in [-0.3, -0.25) is 24.5 Å². The van der Waals surface area contributed by atoms with E-state index in [4.69, 9.17) is 87.9 Å². The molecule has 2 atom stereocenters. The SMILES string of the molecule is CCCCCCCCCCCC(=O)O.O=C(O)C(C(Cl)=C(Cl)Cl)[N+](=O)[O-].O=C(O)C(F)(F)C(F)(Cl)C(F)(F)Cl.O=C(O)CCCI.O=C(O)CCn1[nH]nnc1=S.O=C(O)c1ccc(C(=O)O)c(C(=O)O)c1. The minimum Gasteiger partial charge on any atom is -0.481 e. The Hall–Kier alpha value is -4.76. The number of aromatic amines is 1. The molecule has 72 heavy (non-hydrogen) atoms. The molecule has 0 saturated carbocycles. The number of H-pyrrole nitrogens is 1. The lowest BCUT2D eigenvalue weighted by Gasteiger charge is -2.27. The summed E-state index contributed by atoms with van der Waals surface area (Å²) >= 11 is 30.0. The first-order valence-electron chi connectivity index (χ1n) is 19.7. The van der Waals surface area contributed by atoms with Gasteiger partial charge in [0.1, 0.15) is 9.52 Å². The predicted molar refractivity (Wildman–Crippen MR) is 256 cm³/mol. The average molecular weight is 1280 g/mol. The van der Waals surface area contributed by atoms with Crippen LogP contribution in [-0.2, 0) is 30.5 Å². The number of carboxylic acid groups (broad SMARTS) is 8. The number of unbranched alkanes of at least 4 members (excludes halogenated alkanes) is 8. The largest absolute Gasteiger partial charge is 0.481 e. The molecule has 0 spiro atoms. The van der Waals surface area contributed by atoms with Crippen molar-refractivity contribution >= 4 is 141 Å². The van der Waals surface area contributed by atoms with Gasteiger partial charge in [-0.05, 0) is 54.9 Å². The molecule has 0 aliphatic carbocycles. The maximum atomic E-state index is 12.4. The lowest BCUT2D eigenvalue weighted by Crippen LogP contribution is -2.54. The molecule has 0 aliphatic rings. The van der Waals surface area contributed by atoms with Crippen LogP contribution >= 0.6 is 92.8 Å². The molecule has 0 amide bonds. The zero-order valence-corrected chi connectivity index (χ0v) is 43.7. The number of aromatic nitrogens is 4. The Kier molecular flexibility index (Phi) is 39.8. The summed E-state index contributed by atoms with van der Waals surface area (Å²) in [7, 11) is 0. The van der Waals surface area contributed by atoms with Crippen LogP contribution in [0.2, 0.25) is 0 Å². The van der Waals surface area contributed by atoms with Gasteiger partial charge in [-0.25, -0.2) is 33.0 Å². The third kappa shape index (κ3) is 33.1. The summed E-state index contributed by atoms with van der Waals surface area (Å²) in [5, 5.41) is 74.9. The Balaban J connectivity index is -0.000000390. The number of alkyl halides is 8. The summed E-state index contributed by atoms with van der Waals surface area (Å²) in [5.41, 5.74) is -1.24. The van der Waals surface area contributed by atoms with Gasteiger partial charge in [0.05, 0.1) is 29.7 Å². The maximum Gasteiger partial charge on any atom is 0.397 e. The van der Waals surface area contributed by atoms with Gasteiger partial charge >= 0.3 is 70.2 Å². The molecule has 2 rings (SSSR count). The van der Waals surface area contributed by atoms with E-state index in [1.54, 1.807) is 0 Å². The average Bonchev–Trinajstić information content (AvgIpc) is 3.68. The van der Waals surface area contributed by atoms with Crippen LogP contribution in [-0.4, -0.2) is 141 Å². The van der Waals surface area contributed by atoms with Crippen LogP contribution in [0.25, 0.3) is 0 Å². The van der Waals surface area contributed by atoms with Gasteiger partial charge < -0.3 is 40.9 Å². The standard InChI is InChI=1S/C12H24O2.C9H6O6.C4H2Cl3NO4.C4HCl2F5O2.C4H7IO2.C4H6N4O2S/c1-2-3-4-5-6-7-8-9-10-11-12(13)14;10-7(11)4-1-2-5(8(12)13)6(3-4)9(14)15;5-1(3(6)7)2(4(9)10)8(11)12;5-3(9,4(6,10)11)2(7,8)1(12)13;5-3-1-2-4(6)7;9-3(10)1-2-8-4(11)5-6-7-8/h2-11H2,1H3,(H,13,14);1-3H,(H,10,11)(H,12,13)(H,14,15);2H,(H,9,10);(H,12,13);1-3H2,(H,6,7);1-2H2,(H,9,10)(H,5,7,11). The number of tetrazole rings is 1. The van der Waals surface area contributed by atoms with Crippen molar-refractivity contribution in [3.8, 4) is 0 Å². The molecule has 2 unspecified atom stereocenters. The number of hydrogen-bond donors (Lipinski definition) is 9. The zero-order chi connectivity index (χ0) is 57.2. The van der Waals surface area contributed by atoms with Crippen molar-refractivity contribution in [2.75, 3.05) is 4.43 Å². The number of nitrogens with zero attached hydrogens (tertiary/aromatic N) is 4. The maximum absolute atomic E-state index is 12.4. The lowest BCUT2D eigenvalue weighted by molar-refractivity contribution is -0.498. The fourth-order valence-electron chi connectivity index (χ4n) is 4.12. The molecule has 1 aromatic heterocycles. The van der Waals surface area contributed by atoms with Crippen LogP contribution in [0.1, 0.15) is 121 Å². The Labute approximate surface area is 447 Å². The van der Waals surface area contributed by atoms with E-state index in [9.17, 15) is 70.4 Å². The fraction of sp³-hybridized carbons (Fsp3) is 0.541. The van der Waals surface area contributed by atoms with E-state index < -0.39 is 95.8 Å². The summed E-state index contributed by atoms with van der Waals surface area (Å²) in [5.74, 6) is -16.8. The van der Waals surface area contributed by atoms with E-state index in [0.29, 0.717) is 12.8 Å². The summed E-state index contributed by atoms with van der Waals surface area (Å²) in [4.78, 5) is 90.7. The van der Waals surface area contributed by atoms with E-state index in [1.807, 2.05) is 0 Å². The molecule has 410 valence electrons. The highest BCUT2D eigenvalue weighted by Gasteiger charge is 2.73. The highest BCUT2D eigenvalue weighted by molar-refractivity contribution is 14.1. The van der Waals surface area contributed by atoms with E-state index in [0.717, 1.165) is 41.9 Å².